The van der Waals surface area contributed by atoms with E-state index < -0.39 is 5.54 Å². The van der Waals surface area contributed by atoms with Crippen LogP contribution < -0.4 is 15.2 Å². The van der Waals surface area contributed by atoms with Gasteiger partial charge in [-0.25, -0.2) is 0 Å². The van der Waals surface area contributed by atoms with Crippen LogP contribution in [0.5, 0.6) is 11.5 Å². The van der Waals surface area contributed by atoms with Gasteiger partial charge in [0, 0.05) is 0 Å². The molecule has 2 N–H and O–H groups in total. The summed E-state index contributed by atoms with van der Waals surface area (Å²) in [5.74, 6) is 1.68. The highest BCUT2D eigenvalue weighted by Crippen LogP contribution is 2.25. The molecule has 0 heterocycles. The van der Waals surface area contributed by atoms with Crippen LogP contribution in [0.4, 0.5) is 0 Å². The number of ether oxygens (including phenoxy) is 2. The fourth-order valence-corrected chi connectivity index (χ4v) is 3.11. The van der Waals surface area contributed by atoms with Gasteiger partial charge >= 0.3 is 0 Å². The largest absolute Gasteiger partial charge is 0.490 e. The van der Waals surface area contributed by atoms with Crippen molar-refractivity contribution in [1.82, 2.24) is 0 Å². The average molecular weight is 357 g/mol. The Morgan fingerprint density at radius 2 is 1.37 bits per heavy atom. The zero-order chi connectivity index (χ0) is 18.7. The van der Waals surface area contributed by atoms with Gasteiger partial charge in [0.15, 0.2) is 0 Å². The molecule has 4 rings (SSSR count). The molecule has 27 heavy (non-hydrogen) atoms. The van der Waals surface area contributed by atoms with E-state index in [1.54, 1.807) is 0 Å². The monoisotopic (exact) mass is 357 g/mol. The molecule has 0 radical (unpaired) electrons. The first-order valence-electron chi connectivity index (χ1n) is 9.15. The van der Waals surface area contributed by atoms with Gasteiger partial charge in [-0.05, 0) is 53.1 Å². The minimum Gasteiger partial charge on any atom is -0.490 e. The molecule has 1 atom stereocenters. The Morgan fingerprint density at radius 1 is 0.741 bits per heavy atom. The van der Waals surface area contributed by atoms with Crippen LogP contribution in [0.1, 0.15) is 18.1 Å². The lowest BCUT2D eigenvalue weighted by Crippen LogP contribution is -2.29. The van der Waals surface area contributed by atoms with Crippen molar-refractivity contribution in [3.8, 4) is 11.5 Å². The molecule has 0 amide bonds. The van der Waals surface area contributed by atoms with Crippen molar-refractivity contribution in [3.63, 3.8) is 0 Å². The third-order valence-electron chi connectivity index (χ3n) is 4.64. The number of fused-ring (bicyclic) bond motifs is 2. The predicted molar refractivity (Wildman–Crippen MR) is 112 cm³/mol. The van der Waals surface area contributed by atoms with Crippen molar-refractivity contribution in [2.45, 2.75) is 12.5 Å². The van der Waals surface area contributed by atoms with Crippen LogP contribution in [-0.4, -0.2) is 18.8 Å². The van der Waals surface area contributed by atoms with Crippen molar-refractivity contribution in [3.05, 3.63) is 83.9 Å². The summed E-state index contributed by atoms with van der Waals surface area (Å²) in [6.07, 6.45) is 8.12. The van der Waals surface area contributed by atoms with E-state index in [1.165, 1.54) is 10.8 Å². The Bertz CT molecular complexity index is 1020. The van der Waals surface area contributed by atoms with Crippen LogP contribution in [-0.2, 0) is 0 Å². The minimum absolute atomic E-state index is 0.423. The zero-order valence-corrected chi connectivity index (χ0v) is 15.4. The molecule has 0 aromatic heterocycles. The van der Waals surface area contributed by atoms with E-state index in [2.05, 4.69) is 36.4 Å². The fraction of sp³-hybridized carbons (Fsp3) is 0.167. The molecule has 0 saturated carbocycles. The lowest BCUT2D eigenvalue weighted by atomic mass is 10.0. The fourth-order valence-electron chi connectivity index (χ4n) is 3.11. The molecule has 3 aromatic rings. The normalized spacial score (nSPS) is 18.1. The summed E-state index contributed by atoms with van der Waals surface area (Å²) in [6, 6.07) is 20.4. The van der Waals surface area contributed by atoms with Crippen LogP contribution in [0.15, 0.2) is 72.8 Å². The molecule has 0 bridgehead atoms. The van der Waals surface area contributed by atoms with E-state index in [1.807, 2.05) is 55.5 Å². The van der Waals surface area contributed by atoms with Crippen molar-refractivity contribution in [1.29, 1.82) is 0 Å². The molecule has 0 aliphatic heterocycles. The number of hydrogen-bond acceptors (Lipinski definition) is 3. The molecule has 1 aliphatic carbocycles. The Kier molecular flexibility index (Phi) is 4.69. The summed E-state index contributed by atoms with van der Waals surface area (Å²) in [5.41, 5.74) is 7.98. The standard InChI is InChI=1S/C24H23NO2/c1-24(25)12-10-19-7-9-23(17-21(19)11-13-24)27-15-14-26-22-8-6-18-4-2-3-5-20(18)16-22/h2-13,16-17H,14-15,25H2,1H3. The van der Waals surface area contributed by atoms with E-state index in [0.29, 0.717) is 13.2 Å². The number of benzene rings is 3. The molecule has 3 nitrogen and oxygen atoms in total. The first-order chi connectivity index (χ1) is 13.1. The van der Waals surface area contributed by atoms with Gasteiger partial charge < -0.3 is 15.2 Å². The highest BCUT2D eigenvalue weighted by Gasteiger charge is 2.13. The Balaban J connectivity index is 1.35. The third kappa shape index (κ3) is 4.21. The second kappa shape index (κ2) is 7.29. The molecule has 0 spiro atoms. The Morgan fingerprint density at radius 3 is 2.15 bits per heavy atom. The SMILES string of the molecule is CC1(N)C=Cc2ccc(OCCOc3ccc4ccccc4c3)cc2C=C1. The van der Waals surface area contributed by atoms with Crippen molar-refractivity contribution >= 4 is 22.9 Å². The molecular weight excluding hydrogens is 334 g/mol. The lowest BCUT2D eigenvalue weighted by molar-refractivity contribution is 0.217. The topological polar surface area (TPSA) is 44.5 Å². The van der Waals surface area contributed by atoms with Gasteiger partial charge in [-0.15, -0.1) is 0 Å². The molecule has 136 valence electrons. The summed E-state index contributed by atoms with van der Waals surface area (Å²) in [5, 5.41) is 2.38. The summed E-state index contributed by atoms with van der Waals surface area (Å²) in [4.78, 5) is 0. The van der Waals surface area contributed by atoms with Gasteiger partial charge in [0.25, 0.3) is 0 Å². The third-order valence-corrected chi connectivity index (χ3v) is 4.64. The first-order valence-corrected chi connectivity index (χ1v) is 9.15. The van der Waals surface area contributed by atoms with Crippen LogP contribution in [0.2, 0.25) is 0 Å². The van der Waals surface area contributed by atoms with Crippen molar-refractivity contribution in [2.24, 2.45) is 5.73 Å². The number of rotatable bonds is 5. The van der Waals surface area contributed by atoms with E-state index in [9.17, 15) is 0 Å². The van der Waals surface area contributed by atoms with Gasteiger partial charge in [0.2, 0.25) is 0 Å². The van der Waals surface area contributed by atoms with Crippen molar-refractivity contribution < 1.29 is 9.47 Å². The highest BCUT2D eigenvalue weighted by molar-refractivity contribution is 5.83. The maximum Gasteiger partial charge on any atom is 0.122 e. The van der Waals surface area contributed by atoms with Gasteiger partial charge in [0.1, 0.15) is 24.7 Å². The van der Waals surface area contributed by atoms with Crippen LogP contribution in [0.25, 0.3) is 22.9 Å². The molecule has 0 saturated heterocycles. The van der Waals surface area contributed by atoms with Gasteiger partial charge in [0.05, 0.1) is 5.54 Å². The summed E-state index contributed by atoms with van der Waals surface area (Å²) < 4.78 is 11.7. The van der Waals surface area contributed by atoms with Crippen LogP contribution >= 0.6 is 0 Å². The van der Waals surface area contributed by atoms with Crippen LogP contribution in [0, 0.1) is 0 Å². The maximum atomic E-state index is 6.16. The molecule has 3 heteroatoms. The smallest absolute Gasteiger partial charge is 0.122 e. The predicted octanol–water partition coefficient (Wildman–Crippen LogP) is 5.06. The number of hydrogen-bond donors (Lipinski definition) is 1. The van der Waals surface area contributed by atoms with Gasteiger partial charge in [-0.1, -0.05) is 60.7 Å². The Labute approximate surface area is 159 Å². The highest BCUT2D eigenvalue weighted by atomic mass is 16.5. The summed E-state index contributed by atoms with van der Waals surface area (Å²) >= 11 is 0. The van der Waals surface area contributed by atoms with E-state index in [4.69, 9.17) is 15.2 Å². The minimum atomic E-state index is -0.423. The molecular formula is C24H23NO2. The number of nitrogens with two attached hydrogens (primary N) is 1. The summed E-state index contributed by atoms with van der Waals surface area (Å²) in [6.45, 7) is 2.96. The quantitative estimate of drug-likeness (QED) is 0.650. The first kappa shape index (κ1) is 17.4. The maximum absolute atomic E-state index is 6.16. The second-order valence-corrected chi connectivity index (χ2v) is 7.03. The van der Waals surface area contributed by atoms with Gasteiger partial charge in [-0.2, -0.15) is 0 Å². The Hall–Kier alpha value is -3.04. The lowest BCUT2D eigenvalue weighted by Gasteiger charge is -2.12. The molecule has 1 unspecified atom stereocenters. The molecule has 3 aromatic carbocycles. The van der Waals surface area contributed by atoms with E-state index >= 15 is 0 Å². The average Bonchev–Trinajstić information content (AvgIpc) is 2.83. The van der Waals surface area contributed by atoms with Crippen LogP contribution in [0.3, 0.4) is 0 Å². The second-order valence-electron chi connectivity index (χ2n) is 7.03. The molecule has 1 aliphatic rings. The van der Waals surface area contributed by atoms with E-state index in [0.717, 1.165) is 22.6 Å². The summed E-state index contributed by atoms with van der Waals surface area (Å²) in [7, 11) is 0. The molecule has 0 fully saturated rings. The van der Waals surface area contributed by atoms with Crippen molar-refractivity contribution in [2.75, 3.05) is 13.2 Å². The van der Waals surface area contributed by atoms with Gasteiger partial charge in [-0.3, -0.25) is 0 Å². The van der Waals surface area contributed by atoms with E-state index in [-0.39, 0.29) is 0 Å². The zero-order valence-electron chi connectivity index (χ0n) is 15.4.